The minimum atomic E-state index is -1.20. The van der Waals surface area contributed by atoms with Crippen LogP contribution in [-0.4, -0.2) is 82.3 Å². The van der Waals surface area contributed by atoms with Gasteiger partial charge in [-0.3, -0.25) is 14.3 Å². The van der Waals surface area contributed by atoms with Gasteiger partial charge in [0, 0.05) is 50.6 Å². The normalized spacial score (nSPS) is 22.7. The number of imidazole rings is 1. The zero-order valence-corrected chi connectivity index (χ0v) is 26.9. The van der Waals surface area contributed by atoms with Gasteiger partial charge in [0.25, 0.3) is 0 Å². The number of halogens is 1. The van der Waals surface area contributed by atoms with Gasteiger partial charge in [-0.2, -0.15) is 0 Å². The molecule has 6 rings (SSSR count). The van der Waals surface area contributed by atoms with Crippen molar-refractivity contribution in [3.05, 3.63) is 58.9 Å². The largest absolute Gasteiger partial charge is 0.389 e. The number of fused-ring (bicyclic) bond motifs is 2. The molecule has 0 spiro atoms. The molecule has 14 nitrogen and oxygen atoms in total. The number of benzene rings is 1. The molecule has 2 saturated carbocycles. The van der Waals surface area contributed by atoms with Crippen molar-refractivity contribution in [2.24, 2.45) is 11.3 Å². The first-order chi connectivity index (χ1) is 22.7. The highest BCUT2D eigenvalue weighted by Crippen LogP contribution is 2.67. The lowest BCUT2D eigenvalue weighted by atomic mass is 9.98. The highest BCUT2D eigenvalue weighted by atomic mass is 35.5. The Labute approximate surface area is 276 Å². The van der Waals surface area contributed by atoms with Gasteiger partial charge in [0.05, 0.1) is 36.1 Å². The molecule has 0 aliphatic heterocycles. The molecule has 5 atom stereocenters. The van der Waals surface area contributed by atoms with E-state index in [0.29, 0.717) is 54.5 Å². The molecule has 3 heterocycles. The molecule has 2 aliphatic carbocycles. The first kappa shape index (κ1) is 32.4. The highest BCUT2D eigenvalue weighted by molar-refractivity contribution is 6.30. The maximum Gasteiger partial charge on any atom is 0.229 e. The number of nitrogens with one attached hydrogen (secondary N) is 3. The molecule has 1 aromatic carbocycles. The fourth-order valence-corrected chi connectivity index (χ4v) is 6.72. The second-order valence-electron chi connectivity index (χ2n) is 12.0. The summed E-state index contributed by atoms with van der Waals surface area (Å²) in [6.07, 6.45) is 4.63. The Morgan fingerprint density at radius 1 is 1.21 bits per heavy atom. The van der Waals surface area contributed by atoms with E-state index >= 15 is 0 Å². The quantitative estimate of drug-likeness (QED) is 0.110. The van der Waals surface area contributed by atoms with E-state index in [1.165, 1.54) is 14.0 Å². The summed E-state index contributed by atoms with van der Waals surface area (Å²) in [6, 6.07) is 6.90. The van der Waals surface area contributed by atoms with Crippen molar-refractivity contribution in [3.8, 4) is 11.8 Å². The number of carbonyl (C=O) groups excluding carboxylic acids is 2. The summed E-state index contributed by atoms with van der Waals surface area (Å²) >= 11 is 6.19. The Hall–Kier alpha value is -4.58. The third-order valence-corrected chi connectivity index (χ3v) is 9.13. The van der Waals surface area contributed by atoms with E-state index in [1.807, 2.05) is 24.4 Å². The summed E-state index contributed by atoms with van der Waals surface area (Å²) in [5, 5.41) is 39.6. The van der Waals surface area contributed by atoms with Crippen LogP contribution in [0, 0.1) is 23.2 Å². The summed E-state index contributed by atoms with van der Waals surface area (Å²) in [5.74, 6) is 6.40. The lowest BCUT2D eigenvalue weighted by molar-refractivity contribution is -0.132. The maximum absolute atomic E-state index is 12.7. The molecule has 0 radical (unpaired) electrons. The molecule has 2 aliphatic rings. The summed E-state index contributed by atoms with van der Waals surface area (Å²) in [5.41, 5.74) is 1.75. The number of hydrogen-bond donors (Lipinski definition) is 5. The molecule has 246 valence electrons. The van der Waals surface area contributed by atoms with Crippen LogP contribution >= 0.6 is 11.6 Å². The molecule has 5 N–H and O–H groups in total. The number of aliphatic hydroxyl groups is 2. The van der Waals surface area contributed by atoms with Crippen LogP contribution in [0.4, 0.5) is 5.82 Å². The number of aromatic nitrogens is 7. The maximum atomic E-state index is 12.7. The third kappa shape index (κ3) is 6.64. The van der Waals surface area contributed by atoms with Crippen LogP contribution in [0.5, 0.6) is 0 Å². The van der Waals surface area contributed by atoms with Crippen LogP contribution in [0.1, 0.15) is 55.7 Å². The van der Waals surface area contributed by atoms with E-state index in [0.717, 1.165) is 30.5 Å². The van der Waals surface area contributed by atoms with Crippen LogP contribution in [0.2, 0.25) is 5.02 Å². The lowest BCUT2D eigenvalue weighted by Gasteiger charge is -2.23. The first-order valence-electron chi connectivity index (χ1n) is 15.6. The molecule has 0 saturated heterocycles. The van der Waals surface area contributed by atoms with E-state index < -0.39 is 23.7 Å². The van der Waals surface area contributed by atoms with Gasteiger partial charge in [0.2, 0.25) is 17.6 Å². The van der Waals surface area contributed by atoms with Crippen molar-refractivity contribution in [1.29, 1.82) is 0 Å². The number of aryl methyl sites for hydroxylation is 1. The molecule has 47 heavy (non-hydrogen) atoms. The number of hydrogen-bond acceptors (Lipinski definition) is 10. The zero-order chi connectivity index (χ0) is 33.1. The number of carbonyl (C=O) groups is 2. The summed E-state index contributed by atoms with van der Waals surface area (Å²) in [6.45, 7) is 2.97. The van der Waals surface area contributed by atoms with Crippen LogP contribution in [0.25, 0.3) is 11.2 Å². The standard InChI is InChI=1S/C32H37ClN10O4/c1-19(44)35-12-13-42-17-22(40-41-42)10-5-3-4-6-11-24-38-29(36-16-20-8-7-9-21(33)14-20)25-30(39-24)43(18-37-25)26-23-15-32(23,31(47)34-2)28(46)27(26)45/h7-9,14,17-18,23,26-28,45-46H,3-5,10,12-13,15-16H2,1-2H3,(H,34,47)(H,35,44)(H,36,38,39)/t23-,26-,27+,28+,32+/m1/s1. The smallest absolute Gasteiger partial charge is 0.229 e. The van der Waals surface area contributed by atoms with Gasteiger partial charge in [-0.1, -0.05) is 34.9 Å². The van der Waals surface area contributed by atoms with E-state index in [1.54, 1.807) is 21.6 Å². The molecule has 3 aromatic heterocycles. The number of amides is 2. The third-order valence-electron chi connectivity index (χ3n) is 8.90. The van der Waals surface area contributed by atoms with Crippen molar-refractivity contribution < 1.29 is 19.8 Å². The summed E-state index contributed by atoms with van der Waals surface area (Å²) in [7, 11) is 1.53. The Morgan fingerprint density at radius 3 is 2.85 bits per heavy atom. The average Bonchev–Trinajstić information content (AvgIpc) is 3.28. The Morgan fingerprint density at radius 2 is 2.06 bits per heavy atom. The van der Waals surface area contributed by atoms with Crippen LogP contribution in [-0.2, 0) is 29.1 Å². The SMILES string of the molecule is CNC(=O)[C@@]12C[C@@H]1[C@@H](n1cnc3c(NCc4cccc(Cl)c4)nc(C#CCCCCc4cn(CCNC(C)=O)nn4)nc31)[C@H](O)[C@@H]2O. The van der Waals surface area contributed by atoms with E-state index in [2.05, 4.69) is 48.1 Å². The number of rotatable bonds is 12. The predicted molar refractivity (Wildman–Crippen MR) is 173 cm³/mol. The first-order valence-corrected chi connectivity index (χ1v) is 16.0. The van der Waals surface area contributed by atoms with E-state index in [4.69, 9.17) is 16.6 Å². The zero-order valence-electron chi connectivity index (χ0n) is 26.1. The average molecular weight is 661 g/mol. The monoisotopic (exact) mass is 660 g/mol. The van der Waals surface area contributed by atoms with Crippen molar-refractivity contribution in [3.63, 3.8) is 0 Å². The van der Waals surface area contributed by atoms with Crippen LogP contribution < -0.4 is 16.0 Å². The minimum Gasteiger partial charge on any atom is -0.389 e. The number of nitrogens with zero attached hydrogens (tertiary/aromatic N) is 7. The van der Waals surface area contributed by atoms with Crippen molar-refractivity contribution in [2.45, 2.75) is 70.4 Å². The number of anilines is 1. The van der Waals surface area contributed by atoms with Crippen molar-refractivity contribution >= 4 is 40.4 Å². The molecule has 2 fully saturated rings. The van der Waals surface area contributed by atoms with Gasteiger partial charge < -0.3 is 30.7 Å². The minimum absolute atomic E-state index is 0.0768. The summed E-state index contributed by atoms with van der Waals surface area (Å²) in [4.78, 5) is 37.7. The number of aliphatic hydroxyl groups excluding tert-OH is 2. The lowest BCUT2D eigenvalue weighted by Crippen LogP contribution is -2.41. The fourth-order valence-electron chi connectivity index (χ4n) is 6.50. The Balaban J connectivity index is 1.18. The van der Waals surface area contributed by atoms with Gasteiger partial charge in [-0.15, -0.1) is 5.10 Å². The van der Waals surface area contributed by atoms with E-state index in [9.17, 15) is 19.8 Å². The van der Waals surface area contributed by atoms with Crippen molar-refractivity contribution in [1.82, 2.24) is 45.1 Å². The van der Waals surface area contributed by atoms with Gasteiger partial charge in [0.15, 0.2) is 17.0 Å². The molecule has 2 amide bonds. The van der Waals surface area contributed by atoms with Crippen LogP contribution in [0.15, 0.2) is 36.8 Å². The highest BCUT2D eigenvalue weighted by Gasteiger charge is 2.75. The van der Waals surface area contributed by atoms with Crippen molar-refractivity contribution in [2.75, 3.05) is 18.9 Å². The number of unbranched alkanes of at least 4 members (excludes halogenated alkanes) is 2. The van der Waals surface area contributed by atoms with Gasteiger partial charge in [0.1, 0.15) is 6.10 Å². The Kier molecular flexibility index (Phi) is 9.40. The molecule has 0 bridgehead atoms. The van der Waals surface area contributed by atoms with Gasteiger partial charge in [-0.25, -0.2) is 15.0 Å². The van der Waals surface area contributed by atoms with Gasteiger partial charge >= 0.3 is 0 Å². The topological polar surface area (TPSA) is 185 Å². The predicted octanol–water partition coefficient (Wildman–Crippen LogP) is 1.61. The van der Waals surface area contributed by atoms with E-state index in [-0.39, 0.29) is 23.6 Å². The Bertz CT molecular complexity index is 1850. The van der Waals surface area contributed by atoms with Crippen LogP contribution in [0.3, 0.4) is 0 Å². The molecular formula is C32H37ClN10O4. The second kappa shape index (κ2) is 13.6. The second-order valence-corrected chi connectivity index (χ2v) is 12.5. The molecule has 15 heteroatoms. The molecule has 0 unspecified atom stereocenters. The summed E-state index contributed by atoms with van der Waals surface area (Å²) < 4.78 is 3.46. The fraction of sp³-hybridized carbons (Fsp3) is 0.469. The van der Waals surface area contributed by atoms with Gasteiger partial charge in [-0.05, 0) is 49.3 Å². The molecule has 4 aromatic rings. The molecular weight excluding hydrogens is 624 g/mol.